The summed E-state index contributed by atoms with van der Waals surface area (Å²) in [5, 5.41) is 3.06. The zero-order valence-corrected chi connectivity index (χ0v) is 13.5. The van der Waals surface area contributed by atoms with Gasteiger partial charge in [0.1, 0.15) is 0 Å². The third kappa shape index (κ3) is 5.90. The van der Waals surface area contributed by atoms with Crippen molar-refractivity contribution in [1.82, 2.24) is 5.32 Å². The van der Waals surface area contributed by atoms with E-state index in [-0.39, 0.29) is 18.3 Å². The van der Waals surface area contributed by atoms with Crippen molar-refractivity contribution in [2.24, 2.45) is 0 Å². The lowest BCUT2D eigenvalue weighted by atomic mass is 10.0. The van der Waals surface area contributed by atoms with Crippen molar-refractivity contribution in [2.75, 3.05) is 38.8 Å². The summed E-state index contributed by atoms with van der Waals surface area (Å²) in [5.41, 5.74) is 2.18. The fourth-order valence-corrected chi connectivity index (χ4v) is 1.72. The number of hydrogen-bond donors (Lipinski definition) is 1. The van der Waals surface area contributed by atoms with Gasteiger partial charge in [-0.2, -0.15) is 0 Å². The number of nitrogens with zero attached hydrogens (tertiary/aromatic N) is 1. The van der Waals surface area contributed by atoms with Crippen LogP contribution in [0.25, 0.3) is 0 Å². The standard InChI is InChI=1S/C15H24N2O2.ClH/c1-12(2)13-6-5-7-14(10-13)17(3)15(18)11-16-8-9-19-4;/h5-7,10,12,16H,8-9,11H2,1-4H3;1H. The van der Waals surface area contributed by atoms with Gasteiger partial charge in [0.15, 0.2) is 0 Å². The summed E-state index contributed by atoms with van der Waals surface area (Å²) < 4.78 is 4.92. The Morgan fingerprint density at radius 2 is 2.10 bits per heavy atom. The summed E-state index contributed by atoms with van der Waals surface area (Å²) in [6.07, 6.45) is 0. The van der Waals surface area contributed by atoms with Crippen LogP contribution in [-0.2, 0) is 9.53 Å². The van der Waals surface area contributed by atoms with E-state index in [1.165, 1.54) is 5.56 Å². The van der Waals surface area contributed by atoms with Crippen molar-refractivity contribution in [3.63, 3.8) is 0 Å². The molecule has 1 N–H and O–H groups in total. The topological polar surface area (TPSA) is 41.6 Å². The molecular formula is C15H25ClN2O2. The van der Waals surface area contributed by atoms with E-state index in [9.17, 15) is 4.79 Å². The first-order chi connectivity index (χ1) is 9.06. The summed E-state index contributed by atoms with van der Waals surface area (Å²) in [5.74, 6) is 0.514. The molecule has 0 bridgehead atoms. The second kappa shape index (κ2) is 9.75. The minimum atomic E-state index is 0. The van der Waals surface area contributed by atoms with Crippen molar-refractivity contribution in [3.05, 3.63) is 29.8 Å². The number of likely N-dealkylation sites (N-methyl/N-ethyl adjacent to an activating group) is 1. The predicted octanol–water partition coefficient (Wildman–Crippen LogP) is 2.43. The van der Waals surface area contributed by atoms with Gasteiger partial charge in [-0.1, -0.05) is 26.0 Å². The summed E-state index contributed by atoms with van der Waals surface area (Å²) in [6, 6.07) is 8.10. The lowest BCUT2D eigenvalue weighted by Gasteiger charge is -2.19. The van der Waals surface area contributed by atoms with Gasteiger partial charge in [0.05, 0.1) is 13.2 Å². The zero-order chi connectivity index (χ0) is 14.3. The molecule has 0 saturated carbocycles. The SMILES string of the molecule is COCCNCC(=O)N(C)c1cccc(C(C)C)c1.Cl. The van der Waals surface area contributed by atoms with Gasteiger partial charge in [-0.15, -0.1) is 12.4 Å². The monoisotopic (exact) mass is 300 g/mol. The maximum atomic E-state index is 12.0. The molecule has 0 unspecified atom stereocenters. The van der Waals surface area contributed by atoms with E-state index in [4.69, 9.17) is 4.74 Å². The van der Waals surface area contributed by atoms with Crippen molar-refractivity contribution in [1.29, 1.82) is 0 Å². The third-order valence-corrected chi connectivity index (χ3v) is 3.06. The van der Waals surface area contributed by atoms with Gasteiger partial charge >= 0.3 is 0 Å². The Hall–Kier alpha value is -1.10. The molecular weight excluding hydrogens is 276 g/mol. The molecule has 0 aliphatic rings. The first kappa shape index (κ1) is 18.9. The van der Waals surface area contributed by atoms with Crippen molar-refractivity contribution in [3.8, 4) is 0 Å². The molecule has 0 radical (unpaired) electrons. The molecule has 0 spiro atoms. The Morgan fingerprint density at radius 1 is 1.40 bits per heavy atom. The molecule has 0 heterocycles. The van der Waals surface area contributed by atoms with Crippen LogP contribution in [0.5, 0.6) is 0 Å². The number of halogens is 1. The Morgan fingerprint density at radius 3 is 2.70 bits per heavy atom. The summed E-state index contributed by atoms with van der Waals surface area (Å²) in [6.45, 7) is 5.91. The molecule has 0 aliphatic carbocycles. The number of methoxy groups -OCH3 is 1. The zero-order valence-electron chi connectivity index (χ0n) is 12.7. The maximum absolute atomic E-state index is 12.0. The highest BCUT2D eigenvalue weighted by atomic mass is 35.5. The molecule has 0 fully saturated rings. The van der Waals surface area contributed by atoms with Crippen molar-refractivity contribution in [2.45, 2.75) is 19.8 Å². The van der Waals surface area contributed by atoms with Crippen LogP contribution in [0.3, 0.4) is 0 Å². The highest BCUT2D eigenvalue weighted by molar-refractivity contribution is 5.94. The molecule has 4 nitrogen and oxygen atoms in total. The molecule has 5 heteroatoms. The number of carbonyl (C=O) groups excluding carboxylic acids is 1. The number of rotatable bonds is 7. The lowest BCUT2D eigenvalue weighted by Crippen LogP contribution is -2.36. The molecule has 0 aromatic heterocycles. The van der Waals surface area contributed by atoms with Crippen molar-refractivity contribution < 1.29 is 9.53 Å². The largest absolute Gasteiger partial charge is 0.383 e. The predicted molar refractivity (Wildman–Crippen MR) is 85.9 cm³/mol. The summed E-state index contributed by atoms with van der Waals surface area (Å²) in [7, 11) is 3.45. The van der Waals surface area contributed by atoms with Crippen LogP contribution in [0, 0.1) is 0 Å². The molecule has 0 atom stereocenters. The number of anilines is 1. The average Bonchev–Trinajstić information content (AvgIpc) is 2.42. The summed E-state index contributed by atoms with van der Waals surface area (Å²) in [4.78, 5) is 13.7. The van der Waals surface area contributed by atoms with Gasteiger partial charge in [-0.3, -0.25) is 4.79 Å². The molecule has 1 aromatic carbocycles. The molecule has 0 aliphatic heterocycles. The normalized spacial score (nSPS) is 10.2. The maximum Gasteiger partial charge on any atom is 0.240 e. The van der Waals surface area contributed by atoms with E-state index in [1.54, 1.807) is 19.1 Å². The van der Waals surface area contributed by atoms with E-state index in [0.29, 0.717) is 25.6 Å². The number of nitrogens with one attached hydrogen (secondary N) is 1. The van der Waals surface area contributed by atoms with Crippen LogP contribution in [0.15, 0.2) is 24.3 Å². The van der Waals surface area contributed by atoms with Gasteiger partial charge in [0.25, 0.3) is 0 Å². The molecule has 114 valence electrons. The fourth-order valence-electron chi connectivity index (χ4n) is 1.72. The number of carbonyl (C=O) groups is 1. The number of amides is 1. The van der Waals surface area contributed by atoms with Crippen LogP contribution < -0.4 is 10.2 Å². The minimum absolute atomic E-state index is 0. The van der Waals surface area contributed by atoms with Crippen LogP contribution in [0.1, 0.15) is 25.3 Å². The number of ether oxygens (including phenoxy) is 1. The van der Waals surface area contributed by atoms with E-state index in [0.717, 1.165) is 5.69 Å². The number of benzene rings is 1. The summed E-state index contributed by atoms with van der Waals surface area (Å²) >= 11 is 0. The average molecular weight is 301 g/mol. The van der Waals surface area contributed by atoms with Crippen LogP contribution in [0.2, 0.25) is 0 Å². The third-order valence-electron chi connectivity index (χ3n) is 3.06. The Balaban J connectivity index is 0.00000361. The second-order valence-corrected chi connectivity index (χ2v) is 4.87. The van der Waals surface area contributed by atoms with Crippen LogP contribution in [-0.4, -0.2) is 39.8 Å². The second-order valence-electron chi connectivity index (χ2n) is 4.87. The highest BCUT2D eigenvalue weighted by Gasteiger charge is 2.11. The Kier molecular flexibility index (Phi) is 9.21. The van der Waals surface area contributed by atoms with E-state index in [2.05, 4.69) is 31.3 Å². The molecule has 1 aromatic rings. The quantitative estimate of drug-likeness (QED) is 0.786. The fraction of sp³-hybridized carbons (Fsp3) is 0.533. The van der Waals surface area contributed by atoms with Crippen LogP contribution >= 0.6 is 12.4 Å². The van der Waals surface area contributed by atoms with Gasteiger partial charge in [0.2, 0.25) is 5.91 Å². The molecule has 1 amide bonds. The van der Waals surface area contributed by atoms with E-state index >= 15 is 0 Å². The smallest absolute Gasteiger partial charge is 0.240 e. The Labute approximate surface area is 127 Å². The van der Waals surface area contributed by atoms with Crippen LogP contribution in [0.4, 0.5) is 5.69 Å². The first-order valence-electron chi connectivity index (χ1n) is 6.62. The minimum Gasteiger partial charge on any atom is -0.383 e. The van der Waals surface area contributed by atoms with Gasteiger partial charge < -0.3 is 15.0 Å². The molecule has 0 saturated heterocycles. The Bertz CT molecular complexity index is 411. The van der Waals surface area contributed by atoms with E-state index in [1.807, 2.05) is 12.1 Å². The first-order valence-corrected chi connectivity index (χ1v) is 6.62. The van der Waals surface area contributed by atoms with Gasteiger partial charge in [-0.25, -0.2) is 0 Å². The number of hydrogen-bond acceptors (Lipinski definition) is 3. The van der Waals surface area contributed by atoms with Gasteiger partial charge in [0, 0.05) is 26.4 Å². The molecule has 20 heavy (non-hydrogen) atoms. The van der Waals surface area contributed by atoms with E-state index < -0.39 is 0 Å². The van der Waals surface area contributed by atoms with Gasteiger partial charge in [-0.05, 0) is 23.6 Å². The lowest BCUT2D eigenvalue weighted by molar-refractivity contribution is -0.117. The highest BCUT2D eigenvalue weighted by Crippen LogP contribution is 2.20. The van der Waals surface area contributed by atoms with Crippen molar-refractivity contribution >= 4 is 24.0 Å². The molecule has 1 rings (SSSR count).